The molecule has 0 aromatic carbocycles. The summed E-state index contributed by atoms with van der Waals surface area (Å²) in [5.74, 6) is -0.651. The number of nitrogen functional groups attached to an aromatic ring is 2. The van der Waals surface area contributed by atoms with E-state index in [0.717, 1.165) is 21.8 Å². The van der Waals surface area contributed by atoms with Crippen molar-refractivity contribution in [2.75, 3.05) is 24.7 Å². The van der Waals surface area contributed by atoms with Crippen molar-refractivity contribution >= 4 is 57.7 Å². The van der Waals surface area contributed by atoms with E-state index in [0.29, 0.717) is 0 Å². The molecule has 51 heavy (non-hydrogen) atoms. The van der Waals surface area contributed by atoms with Crippen LogP contribution >= 0.6 is 23.5 Å². The number of hydrogen-bond donors (Lipinski definition) is 11. The Bertz CT molecular complexity index is 2090. The van der Waals surface area contributed by atoms with Crippen LogP contribution < -0.4 is 22.6 Å². The van der Waals surface area contributed by atoms with Gasteiger partial charge in [0.1, 0.15) is 36.6 Å². The highest BCUT2D eigenvalue weighted by Crippen LogP contribution is 2.68. The summed E-state index contributed by atoms with van der Waals surface area (Å²) in [6.45, 7) is -2.21. The van der Waals surface area contributed by atoms with Gasteiger partial charge in [-0.15, -0.1) is 0 Å². The number of nitrogens with zero attached hydrogens (tertiary/aromatic N) is 6. The molecule has 2 fully saturated rings. The summed E-state index contributed by atoms with van der Waals surface area (Å²) in [6, 6.07) is 0. The van der Waals surface area contributed by atoms with Gasteiger partial charge in [-0.05, 0) is 0 Å². The number of nitrogens with two attached hydrogens (primary N) is 2. The molecule has 0 amide bonds. The fraction of sp³-hybridized carbons (Fsp3) is 0.500. The number of aliphatic hydroxyl groups excluding tert-OH is 4. The highest BCUT2D eigenvalue weighted by Gasteiger charge is 2.50. The van der Waals surface area contributed by atoms with Crippen molar-refractivity contribution < 1.29 is 75.9 Å². The molecule has 0 bridgehead atoms. The summed E-state index contributed by atoms with van der Waals surface area (Å²) in [6.07, 6.45) is -11.7. The number of aliphatic hydroxyl groups is 4. The number of aromatic amines is 2. The van der Waals surface area contributed by atoms with Crippen LogP contribution in [0, 0.1) is 0 Å². The lowest BCUT2D eigenvalue weighted by Gasteiger charge is -2.24. The van der Waals surface area contributed by atoms with Crippen LogP contribution in [0.5, 0.6) is 0 Å². The number of H-pyrrole nitrogens is 2. The van der Waals surface area contributed by atoms with E-state index >= 15 is 0 Å². The molecule has 6 rings (SSSR count). The molecule has 280 valence electrons. The van der Waals surface area contributed by atoms with Gasteiger partial charge in [0, 0.05) is 0 Å². The number of aromatic nitrogens is 8. The van der Waals surface area contributed by atoms with E-state index in [1.807, 2.05) is 0 Å². The lowest BCUT2D eigenvalue weighted by Crippen LogP contribution is -2.34. The van der Waals surface area contributed by atoms with E-state index in [4.69, 9.17) is 39.8 Å². The number of imidazole rings is 2. The first-order chi connectivity index (χ1) is 23.8. The largest absolute Gasteiger partial charge is 0.490 e. The molecule has 0 saturated carbocycles. The number of anilines is 2. The zero-order valence-electron chi connectivity index (χ0n) is 25.0. The van der Waals surface area contributed by atoms with E-state index in [1.165, 1.54) is 0 Å². The molecule has 4 aromatic heterocycles. The maximum Gasteiger partial charge on any atom is 0.490 e. The highest BCUT2D eigenvalue weighted by atomic mass is 31.3. The van der Waals surface area contributed by atoms with E-state index in [9.17, 15) is 48.6 Å². The maximum atomic E-state index is 13.6. The third-order valence-corrected chi connectivity index (χ3v) is 11.6. The first-order valence-corrected chi connectivity index (χ1v) is 18.4. The fourth-order valence-corrected chi connectivity index (χ4v) is 8.73. The average Bonchev–Trinajstić information content (AvgIpc) is 3.75. The second kappa shape index (κ2) is 13.5. The van der Waals surface area contributed by atoms with Crippen molar-refractivity contribution in [3.8, 4) is 0 Å². The third-order valence-electron chi connectivity index (χ3n) is 7.33. The molecule has 2 aliphatic rings. The van der Waals surface area contributed by atoms with Crippen LogP contribution in [0.25, 0.3) is 22.3 Å². The molecule has 4 aromatic rings. The molecule has 0 radical (unpaired) electrons. The van der Waals surface area contributed by atoms with E-state index in [2.05, 4.69) is 38.5 Å². The lowest BCUT2D eigenvalue weighted by atomic mass is 10.1. The molecule has 2 aliphatic heterocycles. The molecule has 5 unspecified atom stereocenters. The maximum absolute atomic E-state index is 13.6. The van der Waals surface area contributed by atoms with Gasteiger partial charge in [0.15, 0.2) is 34.8 Å². The molecule has 13 N–H and O–H groups in total. The standard InChI is InChI=1S/C20H27N10O18P3/c21-19-25-13-7(15(35)27-19)23-3-29(13)17-11(33)9(31)5(45-17)1-43-51(42,48-50(40,41)47-49(37,38)39)44-2-6-10(32)12(34)18(46-6)30-4-24-8-14(30)26-20(22)28-16(8)36/h3-6,9-12,17-18,31-34H,1-2H2,(H,40,41)(H2,37,38,39)(H3,21,25,27,35)(H3,22,26,28,36)/t5-,6-,9?,10?,11?,12?,17-,18-,51?/m1/s1. The summed E-state index contributed by atoms with van der Waals surface area (Å²) < 4.78 is 68.6. The normalized spacial score (nSPS) is 29.5. The minimum Gasteiger partial charge on any atom is -0.387 e. The zero-order chi connectivity index (χ0) is 37.2. The monoisotopic (exact) mass is 788 g/mol. The molecule has 6 heterocycles. The van der Waals surface area contributed by atoms with Crippen LogP contribution in [-0.2, 0) is 40.8 Å². The minimum absolute atomic E-state index is 0.174. The van der Waals surface area contributed by atoms with Gasteiger partial charge in [0.05, 0.1) is 25.9 Å². The quantitative estimate of drug-likeness (QED) is 0.0610. The van der Waals surface area contributed by atoms with Gasteiger partial charge < -0.3 is 56.0 Å². The van der Waals surface area contributed by atoms with Crippen LogP contribution in [0.15, 0.2) is 22.2 Å². The first kappa shape index (κ1) is 37.2. The fourth-order valence-electron chi connectivity index (χ4n) is 5.14. The van der Waals surface area contributed by atoms with Crippen molar-refractivity contribution in [3.63, 3.8) is 0 Å². The molecule has 31 heteroatoms. The van der Waals surface area contributed by atoms with Gasteiger partial charge >= 0.3 is 23.5 Å². The summed E-state index contributed by atoms with van der Waals surface area (Å²) in [5.41, 5.74) is 8.89. The Morgan fingerprint density at radius 1 is 0.725 bits per heavy atom. The van der Waals surface area contributed by atoms with Crippen LogP contribution in [0.2, 0.25) is 0 Å². The van der Waals surface area contributed by atoms with Gasteiger partial charge in [-0.1, -0.05) is 0 Å². The Labute approximate surface area is 280 Å². The average molecular weight is 788 g/mol. The van der Waals surface area contributed by atoms with Crippen molar-refractivity contribution in [2.24, 2.45) is 0 Å². The topological polar surface area (TPSA) is 427 Å². The van der Waals surface area contributed by atoms with Crippen LogP contribution in [-0.4, -0.2) is 124 Å². The number of rotatable bonds is 12. The Hall–Kier alpha value is -3.53. The summed E-state index contributed by atoms with van der Waals surface area (Å²) in [7, 11) is -17.4. The highest BCUT2D eigenvalue weighted by molar-refractivity contribution is 7.66. The number of nitrogens with one attached hydrogen (secondary N) is 2. The summed E-state index contributed by atoms with van der Waals surface area (Å²) in [4.78, 5) is 72.2. The van der Waals surface area contributed by atoms with Gasteiger partial charge in [-0.2, -0.15) is 18.6 Å². The van der Waals surface area contributed by atoms with Crippen molar-refractivity contribution in [2.45, 2.75) is 49.1 Å². The minimum atomic E-state index is -6.00. The second-order valence-electron chi connectivity index (χ2n) is 10.8. The number of phosphoric acid groups is 3. The van der Waals surface area contributed by atoms with Crippen molar-refractivity contribution in [3.05, 3.63) is 33.4 Å². The Morgan fingerprint density at radius 2 is 1.14 bits per heavy atom. The number of ether oxygens (including phenoxy) is 2. The molecule has 0 spiro atoms. The molecule has 9 atom stereocenters. The molecule has 28 nitrogen and oxygen atoms in total. The van der Waals surface area contributed by atoms with Crippen molar-refractivity contribution in [1.29, 1.82) is 0 Å². The Kier molecular flexibility index (Phi) is 9.83. The van der Waals surface area contributed by atoms with Gasteiger partial charge in [-0.25, -0.2) is 23.7 Å². The molecular formula is C20H27N10O18P3. The van der Waals surface area contributed by atoms with E-state index < -0.39 is 96.9 Å². The molecular weight excluding hydrogens is 761 g/mol. The smallest absolute Gasteiger partial charge is 0.387 e. The predicted octanol–water partition coefficient (Wildman–Crippen LogP) is -3.98. The first-order valence-electron chi connectivity index (χ1n) is 13.9. The van der Waals surface area contributed by atoms with Crippen molar-refractivity contribution in [1.82, 2.24) is 39.0 Å². The van der Waals surface area contributed by atoms with Crippen LogP contribution in [0.1, 0.15) is 12.5 Å². The van der Waals surface area contributed by atoms with E-state index in [-0.39, 0.29) is 34.2 Å². The van der Waals surface area contributed by atoms with Crippen LogP contribution in [0.4, 0.5) is 11.9 Å². The third kappa shape index (κ3) is 7.53. The SMILES string of the molecule is Nc1nc2c(ncn2[C@@H]2O[C@H](COP(=O)(OC[C@H]3O[C@@H](n4cnc5c(=O)[nH]c(N)nc54)C(O)C3O)OP(=O)(O)OP(=O)(O)O)C(O)C2O)c(=O)[nH]1. The second-order valence-corrected chi connectivity index (χ2v) is 15.4. The summed E-state index contributed by atoms with van der Waals surface area (Å²) in [5, 5.41) is 42.7. The number of phosphoric ester groups is 1. The van der Waals surface area contributed by atoms with Gasteiger partial charge in [0.25, 0.3) is 11.1 Å². The van der Waals surface area contributed by atoms with E-state index in [1.54, 1.807) is 0 Å². The van der Waals surface area contributed by atoms with Gasteiger partial charge in [-0.3, -0.25) is 37.7 Å². The zero-order valence-corrected chi connectivity index (χ0v) is 27.7. The molecule has 0 aliphatic carbocycles. The predicted molar refractivity (Wildman–Crippen MR) is 161 cm³/mol. The Morgan fingerprint density at radius 3 is 1.53 bits per heavy atom. The lowest BCUT2D eigenvalue weighted by molar-refractivity contribution is -0.0607. The number of fused-ring (bicyclic) bond motifs is 2. The summed E-state index contributed by atoms with van der Waals surface area (Å²) >= 11 is 0. The molecule has 2 saturated heterocycles. The van der Waals surface area contributed by atoms with Gasteiger partial charge in [0.2, 0.25) is 11.9 Å². The Balaban J connectivity index is 1.20. The number of hydrogen-bond acceptors (Lipinski definition) is 21. The van der Waals surface area contributed by atoms with Crippen LogP contribution in [0.3, 0.4) is 0 Å².